The van der Waals surface area contributed by atoms with Gasteiger partial charge in [-0.3, -0.25) is 14.9 Å². The van der Waals surface area contributed by atoms with Crippen LogP contribution in [0.5, 0.6) is 5.75 Å². The van der Waals surface area contributed by atoms with Gasteiger partial charge in [0, 0.05) is 29.7 Å². The van der Waals surface area contributed by atoms with Gasteiger partial charge in [-0.1, -0.05) is 0 Å². The van der Waals surface area contributed by atoms with Crippen molar-refractivity contribution in [3.63, 3.8) is 0 Å². The van der Waals surface area contributed by atoms with Crippen molar-refractivity contribution in [3.05, 3.63) is 69.3 Å². The molecule has 28 heavy (non-hydrogen) atoms. The lowest BCUT2D eigenvalue weighted by molar-refractivity contribution is -0.384. The van der Waals surface area contributed by atoms with Gasteiger partial charge in [-0.15, -0.1) is 0 Å². The van der Waals surface area contributed by atoms with E-state index in [2.05, 4.69) is 10.1 Å². The van der Waals surface area contributed by atoms with Crippen LogP contribution in [0.1, 0.15) is 15.9 Å². The second-order valence-corrected chi connectivity index (χ2v) is 5.64. The molecule has 0 aliphatic rings. The van der Waals surface area contributed by atoms with Crippen LogP contribution in [0.3, 0.4) is 0 Å². The second-order valence-electron chi connectivity index (χ2n) is 5.64. The maximum Gasteiger partial charge on any atom is 0.328 e. The highest BCUT2D eigenvalue weighted by atomic mass is 19.2. The topological polar surface area (TPSA) is 108 Å². The van der Waals surface area contributed by atoms with Gasteiger partial charge in [0.2, 0.25) is 0 Å². The van der Waals surface area contributed by atoms with Crippen molar-refractivity contribution < 1.29 is 32.8 Å². The Hall–Kier alpha value is -3.56. The zero-order chi connectivity index (χ0) is 20.8. The third kappa shape index (κ3) is 4.78. The van der Waals surface area contributed by atoms with E-state index < -0.39 is 34.5 Å². The number of nitrogens with zero attached hydrogens (tertiary/aromatic N) is 1. The molecule has 2 aromatic rings. The van der Waals surface area contributed by atoms with E-state index in [1.165, 1.54) is 25.3 Å². The highest BCUT2D eigenvalue weighted by molar-refractivity contribution is 5.96. The van der Waals surface area contributed by atoms with Crippen molar-refractivity contribution in [2.75, 3.05) is 14.2 Å². The van der Waals surface area contributed by atoms with E-state index in [0.717, 1.165) is 19.2 Å². The molecule has 148 valence electrons. The maximum atomic E-state index is 13.3. The summed E-state index contributed by atoms with van der Waals surface area (Å²) in [6.45, 7) is 0. The van der Waals surface area contributed by atoms with Crippen LogP contribution in [0.2, 0.25) is 0 Å². The summed E-state index contributed by atoms with van der Waals surface area (Å²) < 4.78 is 36.2. The number of hydrogen-bond donors (Lipinski definition) is 1. The molecule has 2 aromatic carbocycles. The summed E-state index contributed by atoms with van der Waals surface area (Å²) >= 11 is 0. The number of ether oxygens (including phenoxy) is 2. The van der Waals surface area contributed by atoms with Crippen LogP contribution in [0.15, 0.2) is 36.4 Å². The molecule has 0 unspecified atom stereocenters. The largest absolute Gasteiger partial charge is 0.496 e. The molecular weight excluding hydrogens is 378 g/mol. The lowest BCUT2D eigenvalue weighted by Crippen LogP contribution is -2.43. The summed E-state index contributed by atoms with van der Waals surface area (Å²) in [5.41, 5.74) is -0.164. The first-order chi connectivity index (χ1) is 13.3. The molecule has 8 nitrogen and oxygen atoms in total. The molecule has 0 heterocycles. The summed E-state index contributed by atoms with van der Waals surface area (Å²) in [5, 5.41) is 13.3. The minimum absolute atomic E-state index is 0.188. The SMILES string of the molecule is COC(=O)[C@H](Cc1cc([N+](=O)[O-])ccc1OC)NC(=O)c1ccc(F)c(F)c1. The van der Waals surface area contributed by atoms with Crippen molar-refractivity contribution in [2.45, 2.75) is 12.5 Å². The molecule has 0 bridgehead atoms. The molecule has 0 spiro atoms. The number of hydrogen-bond acceptors (Lipinski definition) is 6. The van der Waals surface area contributed by atoms with Crippen molar-refractivity contribution in [1.82, 2.24) is 5.32 Å². The fourth-order valence-electron chi connectivity index (χ4n) is 2.47. The van der Waals surface area contributed by atoms with E-state index >= 15 is 0 Å². The molecule has 0 saturated carbocycles. The van der Waals surface area contributed by atoms with Gasteiger partial charge in [0.05, 0.1) is 19.1 Å². The number of nitro groups is 1. The third-order valence-electron chi connectivity index (χ3n) is 3.87. The lowest BCUT2D eigenvalue weighted by Gasteiger charge is -2.18. The number of rotatable bonds is 7. The summed E-state index contributed by atoms with van der Waals surface area (Å²) in [5.74, 6) is -3.75. The lowest BCUT2D eigenvalue weighted by atomic mass is 10.0. The molecule has 1 N–H and O–H groups in total. The minimum atomic E-state index is -1.25. The average Bonchev–Trinajstić information content (AvgIpc) is 2.68. The van der Waals surface area contributed by atoms with Crippen molar-refractivity contribution in [3.8, 4) is 5.75 Å². The Morgan fingerprint density at radius 2 is 1.86 bits per heavy atom. The monoisotopic (exact) mass is 394 g/mol. The first-order valence-corrected chi connectivity index (χ1v) is 7.91. The van der Waals surface area contributed by atoms with Crippen LogP contribution in [-0.4, -0.2) is 37.1 Å². The van der Waals surface area contributed by atoms with Crippen molar-refractivity contribution in [2.24, 2.45) is 0 Å². The van der Waals surface area contributed by atoms with Crippen LogP contribution in [0.25, 0.3) is 0 Å². The van der Waals surface area contributed by atoms with Gasteiger partial charge in [-0.25, -0.2) is 13.6 Å². The molecule has 0 aliphatic heterocycles. The summed E-state index contributed by atoms with van der Waals surface area (Å²) in [7, 11) is 2.45. The van der Waals surface area contributed by atoms with Gasteiger partial charge < -0.3 is 14.8 Å². The number of carbonyl (C=O) groups excluding carboxylic acids is 2. The second kappa shape index (κ2) is 8.89. The highest BCUT2D eigenvalue weighted by Crippen LogP contribution is 2.25. The molecule has 2 rings (SSSR count). The number of non-ortho nitro benzene ring substituents is 1. The Morgan fingerprint density at radius 1 is 1.14 bits per heavy atom. The van der Waals surface area contributed by atoms with Crippen LogP contribution in [0, 0.1) is 21.7 Å². The van der Waals surface area contributed by atoms with E-state index in [-0.39, 0.29) is 29.0 Å². The Labute approximate surface area is 158 Å². The molecule has 0 radical (unpaired) electrons. The number of methoxy groups -OCH3 is 2. The number of benzene rings is 2. The molecular formula is C18H16F2N2O6. The van der Waals surface area contributed by atoms with E-state index in [4.69, 9.17) is 4.74 Å². The summed E-state index contributed by atoms with van der Waals surface area (Å²) in [4.78, 5) is 34.8. The quantitative estimate of drug-likeness (QED) is 0.439. The molecule has 0 fully saturated rings. The maximum absolute atomic E-state index is 13.3. The predicted molar refractivity (Wildman–Crippen MR) is 93.0 cm³/mol. The number of halogens is 2. The van der Waals surface area contributed by atoms with E-state index in [1.54, 1.807) is 0 Å². The van der Waals surface area contributed by atoms with Crippen LogP contribution >= 0.6 is 0 Å². The average molecular weight is 394 g/mol. The zero-order valence-corrected chi connectivity index (χ0v) is 14.9. The van der Waals surface area contributed by atoms with Crippen LogP contribution in [0.4, 0.5) is 14.5 Å². The van der Waals surface area contributed by atoms with Gasteiger partial charge in [-0.2, -0.15) is 0 Å². The molecule has 1 amide bonds. The molecule has 0 aromatic heterocycles. The third-order valence-corrected chi connectivity index (χ3v) is 3.87. The Kier molecular flexibility index (Phi) is 6.59. The van der Waals surface area contributed by atoms with E-state index in [9.17, 15) is 28.5 Å². The number of amides is 1. The Bertz CT molecular complexity index is 919. The number of nitro benzene ring substituents is 1. The van der Waals surface area contributed by atoms with Gasteiger partial charge >= 0.3 is 5.97 Å². The summed E-state index contributed by atoms with van der Waals surface area (Å²) in [6, 6.07) is 5.07. The van der Waals surface area contributed by atoms with Crippen LogP contribution in [-0.2, 0) is 16.0 Å². The molecule has 10 heteroatoms. The number of esters is 1. The minimum Gasteiger partial charge on any atom is -0.496 e. The Balaban J connectivity index is 2.30. The fourth-order valence-corrected chi connectivity index (χ4v) is 2.47. The Morgan fingerprint density at radius 3 is 2.43 bits per heavy atom. The van der Waals surface area contributed by atoms with Crippen molar-refractivity contribution in [1.29, 1.82) is 0 Å². The first kappa shape index (κ1) is 20.7. The first-order valence-electron chi connectivity index (χ1n) is 7.91. The molecule has 1 atom stereocenters. The van der Waals surface area contributed by atoms with Gasteiger partial charge in [0.1, 0.15) is 11.8 Å². The molecule has 0 saturated heterocycles. The standard InChI is InChI=1S/C18H16F2N2O6/c1-27-16-6-4-12(22(25)26)7-11(16)9-15(18(24)28-2)21-17(23)10-3-5-13(19)14(20)8-10/h3-8,15H,9H2,1-2H3,(H,21,23)/t15-/m0/s1. The number of carbonyl (C=O) groups is 2. The predicted octanol–water partition coefficient (Wildman–Crippen LogP) is 2.40. The van der Waals surface area contributed by atoms with Crippen molar-refractivity contribution >= 4 is 17.6 Å². The van der Waals surface area contributed by atoms with E-state index in [1.807, 2.05) is 0 Å². The van der Waals surface area contributed by atoms with Gasteiger partial charge in [0.25, 0.3) is 11.6 Å². The normalized spacial score (nSPS) is 11.4. The summed E-state index contributed by atoms with van der Waals surface area (Å²) in [6.07, 6.45) is -0.188. The smallest absolute Gasteiger partial charge is 0.328 e. The zero-order valence-electron chi connectivity index (χ0n) is 14.9. The van der Waals surface area contributed by atoms with Gasteiger partial charge in [-0.05, 0) is 24.3 Å². The van der Waals surface area contributed by atoms with E-state index in [0.29, 0.717) is 6.07 Å². The van der Waals surface area contributed by atoms with Gasteiger partial charge in [0.15, 0.2) is 11.6 Å². The number of nitrogens with one attached hydrogen (secondary N) is 1. The molecule has 0 aliphatic carbocycles. The fraction of sp³-hybridized carbons (Fsp3) is 0.222. The van der Waals surface area contributed by atoms with Crippen LogP contribution < -0.4 is 10.1 Å². The highest BCUT2D eigenvalue weighted by Gasteiger charge is 2.25.